The minimum atomic E-state index is -0.861. The van der Waals surface area contributed by atoms with Gasteiger partial charge in [-0.3, -0.25) is 9.59 Å². The third-order valence-corrected chi connectivity index (χ3v) is 8.89. The Labute approximate surface area is 267 Å². The van der Waals surface area contributed by atoms with Crippen molar-refractivity contribution in [2.75, 3.05) is 5.75 Å². The summed E-state index contributed by atoms with van der Waals surface area (Å²) >= 11 is 1.60. The molecule has 1 fully saturated rings. The van der Waals surface area contributed by atoms with E-state index in [9.17, 15) is 14.7 Å². The number of ether oxygens (including phenoxy) is 3. The highest BCUT2D eigenvalue weighted by Crippen LogP contribution is 2.43. The van der Waals surface area contributed by atoms with Crippen molar-refractivity contribution in [3.8, 4) is 11.1 Å². The standard InChI is InChI=1S/C34H38N4O6S/c1-21-30(19-45-34-37-36-20-38(34)4)43-33(44-31(21)26-13-11-24(18-39)12-14-26)29-10-6-9-28(16-29)27-8-5-7-25(15-27)17-35-32(41)22(2)42-23(3)40/h5-16,20-22,30-31,33,39H,17-19H2,1-4H3,(H,35,41)/t21-,22-,30+,31+,33+/m0/s1. The zero-order valence-electron chi connectivity index (χ0n) is 25.8. The monoisotopic (exact) mass is 630 g/mol. The molecule has 5 atom stereocenters. The number of esters is 1. The molecule has 0 spiro atoms. The SMILES string of the molecule is CC(=O)O[C@@H](C)C(=O)NCc1cccc(-c2cccc([C@@H]3O[C@H](CSc4nncn4C)[C@H](C)[C@H](c4ccc(CO)cc4)O3)c2)c1. The second-order valence-electron chi connectivity index (χ2n) is 11.2. The summed E-state index contributed by atoms with van der Waals surface area (Å²) in [5.41, 5.74) is 5.62. The minimum absolute atomic E-state index is 0.0160. The molecule has 1 aromatic heterocycles. The molecular weight excluding hydrogens is 592 g/mol. The number of aromatic nitrogens is 3. The molecule has 0 saturated carbocycles. The smallest absolute Gasteiger partial charge is 0.303 e. The summed E-state index contributed by atoms with van der Waals surface area (Å²) in [7, 11) is 1.92. The van der Waals surface area contributed by atoms with Crippen LogP contribution in [-0.4, -0.2) is 49.7 Å². The van der Waals surface area contributed by atoms with E-state index in [1.165, 1.54) is 6.92 Å². The highest BCUT2D eigenvalue weighted by molar-refractivity contribution is 7.99. The average molecular weight is 631 g/mol. The second-order valence-corrected chi connectivity index (χ2v) is 12.1. The van der Waals surface area contributed by atoms with Crippen LogP contribution < -0.4 is 5.32 Å². The van der Waals surface area contributed by atoms with E-state index in [0.717, 1.165) is 38.5 Å². The topological polar surface area (TPSA) is 125 Å². The van der Waals surface area contributed by atoms with Gasteiger partial charge in [0.2, 0.25) is 0 Å². The van der Waals surface area contributed by atoms with Gasteiger partial charge >= 0.3 is 5.97 Å². The predicted molar refractivity (Wildman–Crippen MR) is 170 cm³/mol. The molecule has 0 aliphatic carbocycles. The molecule has 5 rings (SSSR count). The molecule has 236 valence electrons. The van der Waals surface area contributed by atoms with Gasteiger partial charge in [-0.05, 0) is 46.9 Å². The zero-order chi connectivity index (χ0) is 31.9. The van der Waals surface area contributed by atoms with Gasteiger partial charge in [0, 0.05) is 37.8 Å². The van der Waals surface area contributed by atoms with Crippen LogP contribution >= 0.6 is 11.8 Å². The van der Waals surface area contributed by atoms with Crippen LogP contribution in [0.2, 0.25) is 0 Å². The Hall–Kier alpha value is -4.03. The Morgan fingerprint density at radius 2 is 1.76 bits per heavy atom. The molecule has 1 aliphatic heterocycles. The van der Waals surface area contributed by atoms with Crippen molar-refractivity contribution in [3.05, 3.63) is 101 Å². The van der Waals surface area contributed by atoms with E-state index in [0.29, 0.717) is 12.3 Å². The largest absolute Gasteiger partial charge is 0.453 e. The molecule has 11 heteroatoms. The molecule has 45 heavy (non-hydrogen) atoms. The van der Waals surface area contributed by atoms with Crippen molar-refractivity contribution >= 4 is 23.6 Å². The summed E-state index contributed by atoms with van der Waals surface area (Å²) in [5.74, 6) is -0.143. The van der Waals surface area contributed by atoms with E-state index in [1.807, 2.05) is 78.3 Å². The lowest BCUT2D eigenvalue weighted by Gasteiger charge is -2.41. The quantitative estimate of drug-likeness (QED) is 0.172. The zero-order valence-corrected chi connectivity index (χ0v) is 26.6. The molecule has 0 bridgehead atoms. The molecule has 2 heterocycles. The van der Waals surface area contributed by atoms with Crippen LogP contribution in [0.1, 0.15) is 55.4 Å². The van der Waals surface area contributed by atoms with E-state index < -0.39 is 18.4 Å². The lowest BCUT2D eigenvalue weighted by molar-refractivity contribution is -0.268. The van der Waals surface area contributed by atoms with Gasteiger partial charge in [0.15, 0.2) is 17.6 Å². The first-order valence-electron chi connectivity index (χ1n) is 14.8. The van der Waals surface area contributed by atoms with Crippen molar-refractivity contribution in [3.63, 3.8) is 0 Å². The molecule has 1 amide bonds. The third-order valence-electron chi connectivity index (χ3n) is 7.77. The van der Waals surface area contributed by atoms with E-state index in [-0.39, 0.29) is 30.6 Å². The van der Waals surface area contributed by atoms with Crippen LogP contribution in [0, 0.1) is 5.92 Å². The number of carbonyl (C=O) groups is 2. The van der Waals surface area contributed by atoms with Gasteiger partial charge in [-0.1, -0.05) is 79.3 Å². The fourth-order valence-electron chi connectivity index (χ4n) is 5.23. The van der Waals surface area contributed by atoms with Crippen molar-refractivity contribution in [1.29, 1.82) is 0 Å². The number of aliphatic hydroxyl groups excluding tert-OH is 1. The van der Waals surface area contributed by atoms with Gasteiger partial charge in [-0.25, -0.2) is 0 Å². The van der Waals surface area contributed by atoms with Crippen molar-refractivity contribution < 1.29 is 28.9 Å². The number of nitrogens with one attached hydrogen (secondary N) is 1. The summed E-state index contributed by atoms with van der Waals surface area (Å²) in [6.07, 6.45) is -0.161. The Morgan fingerprint density at radius 1 is 1.02 bits per heavy atom. The first kappa shape index (κ1) is 32.4. The average Bonchev–Trinajstić information content (AvgIpc) is 3.47. The summed E-state index contributed by atoms with van der Waals surface area (Å²) in [5, 5.41) is 21.4. The molecule has 10 nitrogen and oxygen atoms in total. The molecule has 1 saturated heterocycles. The number of rotatable bonds is 11. The summed E-state index contributed by atoms with van der Waals surface area (Å²) < 4.78 is 20.1. The van der Waals surface area contributed by atoms with E-state index in [4.69, 9.17) is 14.2 Å². The number of aryl methyl sites for hydroxylation is 1. The number of benzene rings is 3. The maximum Gasteiger partial charge on any atom is 0.303 e. The lowest BCUT2D eigenvalue weighted by Crippen LogP contribution is -2.38. The molecule has 0 radical (unpaired) electrons. The number of nitrogens with zero attached hydrogens (tertiary/aromatic N) is 3. The van der Waals surface area contributed by atoms with Crippen LogP contribution in [0.15, 0.2) is 84.3 Å². The molecular formula is C34H38N4O6S. The Bertz CT molecular complexity index is 1610. The van der Waals surface area contributed by atoms with Gasteiger partial charge in [-0.15, -0.1) is 10.2 Å². The maximum atomic E-state index is 12.3. The predicted octanol–water partition coefficient (Wildman–Crippen LogP) is 5.13. The Kier molecular flexibility index (Phi) is 10.7. The van der Waals surface area contributed by atoms with Crippen LogP contribution in [0.5, 0.6) is 0 Å². The Morgan fingerprint density at radius 3 is 2.44 bits per heavy atom. The highest BCUT2D eigenvalue weighted by Gasteiger charge is 2.38. The summed E-state index contributed by atoms with van der Waals surface area (Å²) in [6.45, 7) is 5.24. The normalized spacial score (nSPS) is 20.4. The fraction of sp³-hybridized carbons (Fsp3) is 0.353. The van der Waals surface area contributed by atoms with Crippen molar-refractivity contribution in [2.24, 2.45) is 13.0 Å². The van der Waals surface area contributed by atoms with Gasteiger partial charge in [0.1, 0.15) is 6.33 Å². The van der Waals surface area contributed by atoms with E-state index >= 15 is 0 Å². The number of carbonyl (C=O) groups excluding carboxylic acids is 2. The molecule has 4 aromatic rings. The number of hydrogen-bond donors (Lipinski definition) is 2. The van der Waals surface area contributed by atoms with Crippen LogP contribution in [0.4, 0.5) is 0 Å². The van der Waals surface area contributed by atoms with Gasteiger partial charge in [0.25, 0.3) is 5.91 Å². The van der Waals surface area contributed by atoms with Crippen LogP contribution in [-0.2, 0) is 44.0 Å². The van der Waals surface area contributed by atoms with Gasteiger partial charge < -0.3 is 29.2 Å². The first-order valence-corrected chi connectivity index (χ1v) is 15.8. The minimum Gasteiger partial charge on any atom is -0.453 e. The summed E-state index contributed by atoms with van der Waals surface area (Å²) in [4.78, 5) is 23.5. The van der Waals surface area contributed by atoms with Crippen LogP contribution in [0.25, 0.3) is 11.1 Å². The van der Waals surface area contributed by atoms with Crippen molar-refractivity contribution in [1.82, 2.24) is 20.1 Å². The Balaban J connectivity index is 1.36. The number of thioether (sulfide) groups is 1. The molecule has 0 unspecified atom stereocenters. The molecule has 1 aliphatic rings. The molecule has 3 aromatic carbocycles. The lowest BCUT2D eigenvalue weighted by atomic mass is 9.91. The highest BCUT2D eigenvalue weighted by atomic mass is 32.2. The number of aliphatic hydroxyl groups is 1. The van der Waals surface area contributed by atoms with Gasteiger partial charge in [0.05, 0.1) is 18.8 Å². The number of hydrogen-bond acceptors (Lipinski definition) is 9. The second kappa shape index (κ2) is 14.8. The third kappa shape index (κ3) is 8.17. The summed E-state index contributed by atoms with van der Waals surface area (Å²) in [6, 6.07) is 23.9. The first-order chi connectivity index (χ1) is 21.7. The van der Waals surface area contributed by atoms with E-state index in [1.54, 1.807) is 25.0 Å². The number of amides is 1. The van der Waals surface area contributed by atoms with Gasteiger partial charge in [-0.2, -0.15) is 0 Å². The molecule has 2 N–H and O–H groups in total. The maximum absolute atomic E-state index is 12.3. The van der Waals surface area contributed by atoms with Crippen LogP contribution in [0.3, 0.4) is 0 Å². The fourth-order valence-corrected chi connectivity index (χ4v) is 6.28. The van der Waals surface area contributed by atoms with E-state index in [2.05, 4.69) is 28.5 Å². The van der Waals surface area contributed by atoms with Crippen molar-refractivity contribution in [2.45, 2.75) is 63.7 Å².